The molecule has 11 heteroatoms. The molecule has 1 aliphatic heterocycles. The van der Waals surface area contributed by atoms with Gasteiger partial charge in [0.15, 0.2) is 17.3 Å². The zero-order valence-corrected chi connectivity index (χ0v) is 15.7. The van der Waals surface area contributed by atoms with Crippen molar-refractivity contribution in [3.63, 3.8) is 0 Å². The van der Waals surface area contributed by atoms with Gasteiger partial charge in [-0.3, -0.25) is 14.3 Å². The lowest BCUT2D eigenvalue weighted by atomic mass is 9.91. The van der Waals surface area contributed by atoms with Crippen molar-refractivity contribution in [1.29, 1.82) is 0 Å². The van der Waals surface area contributed by atoms with E-state index in [-0.39, 0.29) is 23.7 Å². The second kappa shape index (κ2) is 7.37. The van der Waals surface area contributed by atoms with Gasteiger partial charge in [-0.1, -0.05) is 6.07 Å². The minimum absolute atomic E-state index is 0.0135. The van der Waals surface area contributed by atoms with E-state index in [1.54, 1.807) is 0 Å². The van der Waals surface area contributed by atoms with E-state index >= 15 is 0 Å². The van der Waals surface area contributed by atoms with Crippen LogP contribution >= 0.6 is 0 Å². The molecule has 0 aliphatic carbocycles. The molecule has 7 nitrogen and oxygen atoms in total. The third-order valence-electron chi connectivity index (χ3n) is 4.81. The Hall–Kier alpha value is -3.11. The number of anilines is 1. The van der Waals surface area contributed by atoms with Crippen LogP contribution in [0, 0.1) is 11.7 Å². The second-order valence-corrected chi connectivity index (χ2v) is 6.69. The number of likely N-dealkylation sites (tertiary alicyclic amines) is 1. The van der Waals surface area contributed by atoms with Crippen LogP contribution in [0.4, 0.5) is 23.2 Å². The number of nitrogens with one attached hydrogen (secondary N) is 1. The summed E-state index contributed by atoms with van der Waals surface area (Å²) in [4.78, 5) is 26.7. The number of halogens is 4. The van der Waals surface area contributed by atoms with E-state index in [9.17, 15) is 27.2 Å². The first-order valence-corrected chi connectivity index (χ1v) is 8.54. The molecule has 1 saturated heterocycles. The molecule has 0 unspecified atom stereocenters. The van der Waals surface area contributed by atoms with Gasteiger partial charge in [0.1, 0.15) is 5.92 Å². The van der Waals surface area contributed by atoms with Crippen molar-refractivity contribution in [2.45, 2.75) is 12.1 Å². The van der Waals surface area contributed by atoms with Crippen LogP contribution in [0.2, 0.25) is 0 Å². The number of ether oxygens (including phenoxy) is 1. The van der Waals surface area contributed by atoms with Gasteiger partial charge in [-0.25, -0.2) is 4.39 Å². The number of aromatic nitrogens is 2. The number of rotatable bonds is 4. The van der Waals surface area contributed by atoms with Crippen molar-refractivity contribution >= 4 is 17.5 Å². The molecule has 0 radical (unpaired) electrons. The van der Waals surface area contributed by atoms with Gasteiger partial charge in [-0.2, -0.15) is 18.3 Å². The van der Waals surface area contributed by atoms with Gasteiger partial charge in [0.25, 0.3) is 0 Å². The minimum Gasteiger partial charge on any atom is -0.492 e. The number of aryl methyl sites for hydroxylation is 1. The largest absolute Gasteiger partial charge is 0.492 e. The molecule has 1 aliphatic rings. The Balaban J connectivity index is 1.94. The van der Waals surface area contributed by atoms with Crippen LogP contribution in [0.3, 0.4) is 0 Å². The molecule has 2 heterocycles. The molecule has 1 aromatic heterocycles. The summed E-state index contributed by atoms with van der Waals surface area (Å²) in [6.45, 7) is 0.0358. The quantitative estimate of drug-likeness (QED) is 0.616. The summed E-state index contributed by atoms with van der Waals surface area (Å²) in [5, 5.41) is 5.90. The van der Waals surface area contributed by atoms with E-state index in [1.807, 2.05) is 0 Å². The molecule has 2 atom stereocenters. The second-order valence-electron chi connectivity index (χ2n) is 6.69. The maximum Gasteiger partial charge on any atom is 0.435 e. The first-order chi connectivity index (χ1) is 13.5. The van der Waals surface area contributed by atoms with Crippen LogP contribution in [0.1, 0.15) is 17.3 Å². The van der Waals surface area contributed by atoms with Crippen LogP contribution in [0.5, 0.6) is 5.75 Å². The van der Waals surface area contributed by atoms with Crippen molar-refractivity contribution in [3.8, 4) is 5.75 Å². The van der Waals surface area contributed by atoms with Crippen LogP contribution in [-0.2, 0) is 22.8 Å². The van der Waals surface area contributed by atoms with E-state index in [0.717, 1.165) is 16.8 Å². The number of likely N-dealkylation sites (N-methyl/N-ethyl adjacent to an activating group) is 1. The highest BCUT2D eigenvalue weighted by molar-refractivity contribution is 6.08. The van der Waals surface area contributed by atoms with E-state index in [4.69, 9.17) is 4.74 Å². The van der Waals surface area contributed by atoms with Crippen LogP contribution in [-0.4, -0.2) is 47.2 Å². The summed E-state index contributed by atoms with van der Waals surface area (Å²) in [6.07, 6.45) is -4.66. The highest BCUT2D eigenvalue weighted by atomic mass is 19.4. The molecular weight excluding hydrogens is 396 g/mol. The lowest BCUT2D eigenvalue weighted by Gasteiger charge is -2.18. The molecule has 2 amide bonds. The highest BCUT2D eigenvalue weighted by Crippen LogP contribution is 2.37. The monoisotopic (exact) mass is 414 g/mol. The van der Waals surface area contributed by atoms with E-state index < -0.39 is 41.3 Å². The Bertz CT molecular complexity index is 957. The molecule has 1 fully saturated rings. The molecule has 29 heavy (non-hydrogen) atoms. The van der Waals surface area contributed by atoms with Gasteiger partial charge in [0, 0.05) is 32.3 Å². The number of carbonyl (C=O) groups excluding carboxylic acids is 2. The van der Waals surface area contributed by atoms with E-state index in [1.165, 1.54) is 38.2 Å². The van der Waals surface area contributed by atoms with Gasteiger partial charge in [-0.05, 0) is 18.2 Å². The Labute approximate surface area is 163 Å². The number of nitrogens with zero attached hydrogens (tertiary/aromatic N) is 3. The molecule has 1 aromatic carbocycles. The Kier molecular flexibility index (Phi) is 5.24. The summed E-state index contributed by atoms with van der Waals surface area (Å²) in [6, 6.07) is 4.72. The van der Waals surface area contributed by atoms with Crippen molar-refractivity contribution in [2.24, 2.45) is 13.0 Å². The first kappa shape index (κ1) is 20.6. The highest BCUT2D eigenvalue weighted by Gasteiger charge is 2.47. The molecule has 3 rings (SSSR count). The molecule has 2 aromatic rings. The lowest BCUT2D eigenvalue weighted by molar-refractivity contribution is -0.141. The molecule has 0 saturated carbocycles. The SMILES string of the molecule is COc1c(F)cccc1NC(=O)[C@H]1C(=O)N(C)C[C@@H]1c1cc(C(F)(F)F)nn1C. The third kappa shape index (κ3) is 3.76. The summed E-state index contributed by atoms with van der Waals surface area (Å²) >= 11 is 0. The lowest BCUT2D eigenvalue weighted by Crippen LogP contribution is -2.33. The number of alkyl halides is 3. The van der Waals surface area contributed by atoms with Gasteiger partial charge in [0.2, 0.25) is 11.8 Å². The fourth-order valence-corrected chi connectivity index (χ4v) is 3.45. The average Bonchev–Trinajstić information content (AvgIpc) is 3.15. The zero-order valence-electron chi connectivity index (χ0n) is 15.7. The number of methoxy groups -OCH3 is 1. The van der Waals surface area contributed by atoms with Crippen LogP contribution < -0.4 is 10.1 Å². The number of para-hydroxylation sites is 1. The fourth-order valence-electron chi connectivity index (χ4n) is 3.45. The van der Waals surface area contributed by atoms with Crippen molar-refractivity contribution in [3.05, 3.63) is 41.5 Å². The van der Waals surface area contributed by atoms with E-state index in [0.29, 0.717) is 0 Å². The van der Waals surface area contributed by atoms with Gasteiger partial charge >= 0.3 is 6.18 Å². The average molecular weight is 414 g/mol. The van der Waals surface area contributed by atoms with Gasteiger partial charge in [0.05, 0.1) is 12.8 Å². The maximum absolute atomic E-state index is 13.9. The Morgan fingerprint density at radius 2 is 2.00 bits per heavy atom. The van der Waals surface area contributed by atoms with Crippen LogP contribution in [0.15, 0.2) is 24.3 Å². The summed E-state index contributed by atoms with van der Waals surface area (Å²) in [5.74, 6) is -4.42. The fraction of sp³-hybridized carbons (Fsp3) is 0.389. The zero-order chi connectivity index (χ0) is 21.5. The first-order valence-electron chi connectivity index (χ1n) is 8.54. The van der Waals surface area contributed by atoms with Gasteiger partial charge in [-0.15, -0.1) is 0 Å². The van der Waals surface area contributed by atoms with Crippen LogP contribution in [0.25, 0.3) is 0 Å². The van der Waals surface area contributed by atoms with Crippen molar-refractivity contribution < 1.29 is 31.9 Å². The number of carbonyl (C=O) groups is 2. The number of benzene rings is 1. The third-order valence-corrected chi connectivity index (χ3v) is 4.81. The summed E-state index contributed by atoms with van der Waals surface area (Å²) in [7, 11) is 3.99. The summed E-state index contributed by atoms with van der Waals surface area (Å²) < 4.78 is 58.8. The van der Waals surface area contributed by atoms with Gasteiger partial charge < -0.3 is 15.0 Å². The number of hydrogen-bond acceptors (Lipinski definition) is 4. The predicted molar refractivity (Wildman–Crippen MR) is 93.7 cm³/mol. The molecular formula is C18H18F4N4O3. The van der Waals surface area contributed by atoms with E-state index in [2.05, 4.69) is 10.4 Å². The molecule has 1 N–H and O–H groups in total. The molecule has 0 bridgehead atoms. The Morgan fingerprint density at radius 1 is 1.31 bits per heavy atom. The smallest absolute Gasteiger partial charge is 0.435 e. The normalized spacial score (nSPS) is 19.6. The minimum atomic E-state index is -4.66. The standard InChI is InChI=1S/C18H18F4N4O3/c1-25-8-9(12-7-13(18(20,21)22)24-26(12)2)14(17(25)28)16(27)23-11-6-4-5-10(19)15(11)29-3/h4-7,9,14H,8H2,1-3H3,(H,23,27)/t9-,14+/m1/s1. The van der Waals surface area contributed by atoms with Crippen molar-refractivity contribution in [2.75, 3.05) is 26.0 Å². The molecule has 156 valence electrons. The van der Waals surface area contributed by atoms with Crippen molar-refractivity contribution in [1.82, 2.24) is 14.7 Å². The molecule has 0 spiro atoms. The number of amides is 2. The number of hydrogen-bond donors (Lipinski definition) is 1. The predicted octanol–water partition coefficient (Wildman–Crippen LogP) is 2.40. The topological polar surface area (TPSA) is 76.5 Å². The maximum atomic E-state index is 13.9. The summed E-state index contributed by atoms with van der Waals surface area (Å²) in [5.41, 5.74) is -0.996. The Morgan fingerprint density at radius 3 is 2.59 bits per heavy atom.